The number of benzene rings is 3. The highest BCUT2D eigenvalue weighted by Gasteiger charge is 2.35. The zero-order chi connectivity index (χ0) is 66.2. The summed E-state index contributed by atoms with van der Waals surface area (Å²) < 4.78 is 88.3. The van der Waals surface area contributed by atoms with Crippen LogP contribution in [0.4, 0.5) is 0 Å². The van der Waals surface area contributed by atoms with Crippen LogP contribution >= 0.6 is 0 Å². The van der Waals surface area contributed by atoms with E-state index in [1.54, 1.807) is 19.2 Å². The van der Waals surface area contributed by atoms with Crippen LogP contribution in [0, 0.1) is 0 Å². The monoisotopic (exact) mass is 1430 g/mol. The summed E-state index contributed by atoms with van der Waals surface area (Å²) in [6.45, 7) is 51.8. The average Bonchev–Trinajstić information content (AvgIpc) is 1.71. The number of hydrogen-bond acceptors (Lipinski definition) is 18. The van der Waals surface area contributed by atoms with Crippen LogP contribution in [0.5, 0.6) is 51.7 Å². The first kappa shape index (κ1) is 77.7. The molecule has 0 aliphatic rings. The molecule has 88 heavy (non-hydrogen) atoms. The van der Waals surface area contributed by atoms with Gasteiger partial charge in [-0.25, -0.2) is 15.0 Å². The SMILES string of the molecule is CCC(Oc1cc(-c2nc(-c3ccc(OC)cc3)nc(-c3cc(OC(CC)[SiH2]O[Si](C)(C)C)c(OC(CC)[SiH2]O[Si](C)(C)C)c(OC(CC)[SiH2]O[Si](C)(C)C)c3O)n2)c(O)c(OC(CC)[SiH2]O[Si](C)(C)C)c1OC(CC)[SiH2]O[Si](C)(C)C)[SiH2]O[Si](C)(C)C. The van der Waals surface area contributed by atoms with E-state index in [-0.39, 0.29) is 97.5 Å². The van der Waals surface area contributed by atoms with Crippen LogP contribution in [0.15, 0.2) is 36.4 Å². The summed E-state index contributed by atoms with van der Waals surface area (Å²) in [6, 6.07) is 10.9. The molecule has 0 spiro atoms. The Morgan fingerprint density at radius 3 is 0.830 bits per heavy atom. The molecule has 0 radical (unpaired) electrons. The second-order valence-corrected chi connectivity index (χ2v) is 68.1. The maximum Gasteiger partial charge on any atom is 0.208 e. The van der Waals surface area contributed by atoms with Gasteiger partial charge in [0, 0.05) is 5.56 Å². The molecule has 498 valence electrons. The second-order valence-electron chi connectivity index (χ2n) is 28.3. The highest BCUT2D eigenvalue weighted by atomic mass is 28.4. The van der Waals surface area contributed by atoms with E-state index in [0.29, 0.717) is 61.3 Å². The Labute approximate surface area is 549 Å². The topological polar surface area (TPSA) is 199 Å². The van der Waals surface area contributed by atoms with Gasteiger partial charge in [0.15, 0.2) is 149 Å². The Morgan fingerprint density at radius 1 is 0.352 bits per heavy atom. The summed E-state index contributed by atoms with van der Waals surface area (Å²) >= 11 is 0. The van der Waals surface area contributed by atoms with Gasteiger partial charge in [-0.2, -0.15) is 0 Å². The standard InChI is InChI=1S/C58H113N3O15Si12/c1-26-44(77-71-83(8,9)10)65-42-36-40(50(62)54(69-48(30-5)81-75-87(20,21)22)52(42)67-46(28-3)79-73-85(14,15)16)57-59-56(38-32-34-39(64-7)35-33-38)60-58(61-57)41-37-43(66-45(27-2)78-72-84(11,12)13)53(68-47(29-4)80-74-86(17,18)19)55(51(41)63)70-49(31-6)82-76-88(23,24)25/h32-37,44-49,62-63H,26-31,77-82H2,1-25H3. The molecule has 0 aliphatic heterocycles. The van der Waals surface area contributed by atoms with Gasteiger partial charge in [-0.1, -0.05) is 41.5 Å². The van der Waals surface area contributed by atoms with Crippen LogP contribution in [0.25, 0.3) is 34.2 Å². The van der Waals surface area contributed by atoms with Crippen molar-refractivity contribution in [2.24, 2.45) is 0 Å². The number of nitrogens with zero attached hydrogens (tertiary/aromatic N) is 3. The van der Waals surface area contributed by atoms with Crippen LogP contribution < -0.4 is 33.2 Å². The van der Waals surface area contributed by atoms with Crippen molar-refractivity contribution in [3.8, 4) is 85.9 Å². The molecular formula is C58H113N3O15Si12. The van der Waals surface area contributed by atoms with Crippen molar-refractivity contribution in [1.29, 1.82) is 0 Å². The lowest BCUT2D eigenvalue weighted by Crippen LogP contribution is -2.37. The Kier molecular flexibility index (Phi) is 30.4. The molecule has 4 aromatic rings. The predicted molar refractivity (Wildman–Crippen MR) is 392 cm³/mol. The molecule has 0 aliphatic carbocycles. The quantitative estimate of drug-likeness (QED) is 0.0398. The van der Waals surface area contributed by atoms with Crippen molar-refractivity contribution >= 4 is 108 Å². The van der Waals surface area contributed by atoms with E-state index in [9.17, 15) is 10.2 Å². The average molecular weight is 1430 g/mol. The first-order valence-corrected chi connectivity index (χ1v) is 60.7. The molecule has 0 saturated heterocycles. The molecule has 0 amide bonds. The number of hydrogen-bond donors (Lipinski definition) is 2. The largest absolute Gasteiger partial charge is 0.504 e. The molecule has 4 rings (SSSR count). The molecule has 1 aromatic heterocycles. The fourth-order valence-corrected chi connectivity index (χ4v) is 27.5. The number of aromatic nitrogens is 3. The van der Waals surface area contributed by atoms with E-state index >= 15 is 0 Å². The van der Waals surface area contributed by atoms with Crippen LogP contribution in [0.1, 0.15) is 80.1 Å². The molecule has 3 aromatic carbocycles. The molecule has 6 unspecified atom stereocenters. The van der Waals surface area contributed by atoms with Crippen LogP contribution in [-0.4, -0.2) is 175 Å². The normalized spacial score (nSPS) is 15.6. The van der Waals surface area contributed by atoms with Gasteiger partial charge >= 0.3 is 0 Å². The highest BCUT2D eigenvalue weighted by Crippen LogP contribution is 2.53. The van der Waals surface area contributed by atoms with E-state index < -0.39 is 108 Å². The van der Waals surface area contributed by atoms with Crippen molar-refractivity contribution in [3.63, 3.8) is 0 Å². The van der Waals surface area contributed by atoms with E-state index in [1.807, 2.05) is 24.3 Å². The first-order valence-electron chi connectivity index (χ1n) is 31.9. The van der Waals surface area contributed by atoms with Gasteiger partial charge in [-0.05, 0) is 193 Å². The Bertz CT molecular complexity index is 2630. The zero-order valence-electron chi connectivity index (χ0n) is 58.5. The summed E-state index contributed by atoms with van der Waals surface area (Å²) in [7, 11) is -17.8. The van der Waals surface area contributed by atoms with Gasteiger partial charge < -0.3 is 68.1 Å². The Balaban J connectivity index is 2.31. The number of methoxy groups -OCH3 is 1. The Hall–Kier alpha value is -2.77. The van der Waals surface area contributed by atoms with Crippen molar-refractivity contribution in [2.75, 3.05) is 7.11 Å². The molecule has 0 bridgehead atoms. The molecule has 6 atom stereocenters. The molecule has 18 nitrogen and oxygen atoms in total. The molecular weight excluding hydrogens is 1320 g/mol. The van der Waals surface area contributed by atoms with Crippen molar-refractivity contribution in [3.05, 3.63) is 36.4 Å². The van der Waals surface area contributed by atoms with Gasteiger partial charge in [-0.3, -0.25) is 0 Å². The maximum absolute atomic E-state index is 13.3. The van der Waals surface area contributed by atoms with Crippen molar-refractivity contribution in [2.45, 2.75) is 232 Å². The fourth-order valence-electron chi connectivity index (χ4n) is 8.15. The smallest absolute Gasteiger partial charge is 0.208 e. The van der Waals surface area contributed by atoms with Crippen molar-refractivity contribution in [1.82, 2.24) is 15.0 Å². The lowest BCUT2D eigenvalue weighted by atomic mass is 10.1. The zero-order valence-corrected chi connectivity index (χ0v) is 72.9. The second kappa shape index (κ2) is 34.4. The lowest BCUT2D eigenvalue weighted by molar-refractivity contribution is 0.189. The highest BCUT2D eigenvalue weighted by molar-refractivity contribution is 6.76. The van der Waals surface area contributed by atoms with Crippen LogP contribution in [0.3, 0.4) is 0 Å². The number of phenols is 2. The number of aromatic hydroxyl groups is 2. The number of rotatable bonds is 40. The summed E-state index contributed by atoms with van der Waals surface area (Å²) in [4.78, 5) is 15.7. The van der Waals surface area contributed by atoms with E-state index in [1.165, 1.54) is 0 Å². The van der Waals surface area contributed by atoms with E-state index in [0.717, 1.165) is 0 Å². The van der Waals surface area contributed by atoms with Gasteiger partial charge in [0.05, 0.1) is 18.2 Å². The Morgan fingerprint density at radius 2 is 0.591 bits per heavy atom. The van der Waals surface area contributed by atoms with Gasteiger partial charge in [0.1, 0.15) is 40.1 Å². The molecule has 30 heteroatoms. The number of ether oxygens (including phenoxy) is 7. The molecule has 0 saturated carbocycles. The molecule has 2 N–H and O–H groups in total. The molecule has 0 fully saturated rings. The minimum Gasteiger partial charge on any atom is -0.504 e. The summed E-state index contributed by atoms with van der Waals surface area (Å²) in [5.41, 5.74) is -0.883. The van der Waals surface area contributed by atoms with E-state index in [2.05, 4.69) is 159 Å². The minimum atomic E-state index is -1.97. The van der Waals surface area contributed by atoms with Gasteiger partial charge in [-0.15, -0.1) is 0 Å². The lowest BCUT2D eigenvalue weighted by Gasteiger charge is -2.30. The predicted octanol–water partition coefficient (Wildman–Crippen LogP) is 10.6. The summed E-state index contributed by atoms with van der Waals surface area (Å²) in [6.07, 6.45) is 3.88. The van der Waals surface area contributed by atoms with Gasteiger partial charge in [0.2, 0.25) is 23.0 Å². The summed E-state index contributed by atoms with van der Waals surface area (Å²) in [5, 5.41) is 26.5. The minimum absolute atomic E-state index is 0.0697. The third-order valence-corrected chi connectivity index (χ3v) is 45.0. The van der Waals surface area contributed by atoms with Gasteiger partial charge in [0.25, 0.3) is 0 Å². The van der Waals surface area contributed by atoms with Crippen LogP contribution in [-0.2, 0) is 24.7 Å². The molecule has 1 heterocycles. The third-order valence-electron chi connectivity index (χ3n) is 13.5. The van der Waals surface area contributed by atoms with Crippen molar-refractivity contribution < 1.29 is 68.1 Å². The maximum atomic E-state index is 13.3. The summed E-state index contributed by atoms with van der Waals surface area (Å²) in [5.74, 6) is 2.00. The fraction of sp³-hybridized carbons (Fsp3) is 0.638. The third kappa shape index (κ3) is 26.7. The van der Waals surface area contributed by atoms with E-state index in [4.69, 9.17) is 72.8 Å². The van der Waals surface area contributed by atoms with Crippen LogP contribution in [0.2, 0.25) is 118 Å². The number of phenolic OH excluding ortho intramolecular Hbond substituents is 2. The first-order chi connectivity index (χ1) is 40.8.